The number of allylic oxidation sites excluding steroid dienone is 2. The summed E-state index contributed by atoms with van der Waals surface area (Å²) < 4.78 is 0. The maximum Gasteiger partial charge on any atom is 0.222 e. The fraction of sp³-hybridized carbons (Fsp3) is 0.579. The number of piperazine rings is 1. The molecular weight excluding hydrogens is 322 g/mol. The summed E-state index contributed by atoms with van der Waals surface area (Å²) in [6, 6.07) is 3.70. The molecule has 1 saturated heterocycles. The van der Waals surface area contributed by atoms with Crippen molar-refractivity contribution in [2.75, 3.05) is 31.1 Å². The molecule has 1 aromatic heterocycles. The number of halogens is 1. The van der Waals surface area contributed by atoms with Crippen molar-refractivity contribution in [2.24, 2.45) is 0 Å². The highest BCUT2D eigenvalue weighted by Gasteiger charge is 2.22. The second-order valence-corrected chi connectivity index (χ2v) is 7.05. The predicted octanol–water partition coefficient (Wildman–Crippen LogP) is 4.05. The van der Waals surface area contributed by atoms with E-state index in [-0.39, 0.29) is 5.91 Å². The molecule has 2 heterocycles. The fourth-order valence-electron chi connectivity index (χ4n) is 3.53. The number of rotatable bonds is 5. The zero-order chi connectivity index (χ0) is 16.8. The Morgan fingerprint density at radius 2 is 2.04 bits per heavy atom. The first-order chi connectivity index (χ1) is 11.7. The molecule has 130 valence electrons. The quantitative estimate of drug-likeness (QED) is 0.754. The molecule has 0 N–H and O–H groups in total. The number of nitrogens with zero attached hydrogens (tertiary/aromatic N) is 3. The average Bonchev–Trinajstić information content (AvgIpc) is 2.63. The predicted molar refractivity (Wildman–Crippen MR) is 98.4 cm³/mol. The highest BCUT2D eigenvalue weighted by atomic mass is 35.5. The van der Waals surface area contributed by atoms with Gasteiger partial charge in [0.15, 0.2) is 0 Å². The van der Waals surface area contributed by atoms with Gasteiger partial charge in [-0.3, -0.25) is 4.79 Å². The molecule has 0 bridgehead atoms. The van der Waals surface area contributed by atoms with Gasteiger partial charge in [-0.1, -0.05) is 23.3 Å². The third kappa shape index (κ3) is 4.50. The van der Waals surface area contributed by atoms with Crippen LogP contribution in [0.5, 0.6) is 0 Å². The van der Waals surface area contributed by atoms with E-state index in [0.717, 1.165) is 44.8 Å². The lowest BCUT2D eigenvalue weighted by molar-refractivity contribution is -0.131. The van der Waals surface area contributed by atoms with Crippen molar-refractivity contribution in [1.82, 2.24) is 9.88 Å². The number of carbonyl (C=O) groups excluding carboxylic acids is 1. The first-order valence-electron chi connectivity index (χ1n) is 9.05. The Hall–Kier alpha value is -1.55. The normalized spacial score (nSPS) is 18.5. The molecule has 0 unspecified atom stereocenters. The summed E-state index contributed by atoms with van der Waals surface area (Å²) in [5, 5.41) is 0.679. The molecule has 0 aromatic carbocycles. The van der Waals surface area contributed by atoms with Crippen molar-refractivity contribution in [2.45, 2.75) is 44.9 Å². The number of hydrogen-bond acceptors (Lipinski definition) is 3. The second-order valence-electron chi connectivity index (χ2n) is 6.64. The number of hydrogen-bond donors (Lipinski definition) is 0. The van der Waals surface area contributed by atoms with E-state index in [1.54, 1.807) is 11.8 Å². The van der Waals surface area contributed by atoms with Crippen LogP contribution in [0, 0.1) is 0 Å². The minimum Gasteiger partial charge on any atom is -0.352 e. The molecule has 1 aromatic rings. The highest BCUT2D eigenvalue weighted by Crippen LogP contribution is 2.24. The van der Waals surface area contributed by atoms with Gasteiger partial charge in [-0.05, 0) is 50.7 Å². The number of carbonyl (C=O) groups is 1. The van der Waals surface area contributed by atoms with Crippen LogP contribution in [0.1, 0.15) is 44.9 Å². The van der Waals surface area contributed by atoms with E-state index in [1.807, 2.05) is 17.0 Å². The van der Waals surface area contributed by atoms with E-state index in [4.69, 9.17) is 11.6 Å². The number of anilines is 1. The third-order valence-corrected chi connectivity index (χ3v) is 5.24. The maximum atomic E-state index is 12.4. The molecular formula is C19H26ClN3O. The average molecular weight is 348 g/mol. The Kier molecular flexibility index (Phi) is 6.13. The molecule has 5 heteroatoms. The second kappa shape index (κ2) is 8.52. The summed E-state index contributed by atoms with van der Waals surface area (Å²) in [5.74, 6) is 1.12. The van der Waals surface area contributed by atoms with Crippen LogP contribution in [0.4, 0.5) is 5.82 Å². The van der Waals surface area contributed by atoms with Crippen molar-refractivity contribution in [1.29, 1.82) is 0 Å². The topological polar surface area (TPSA) is 36.4 Å². The largest absolute Gasteiger partial charge is 0.352 e. The molecule has 0 radical (unpaired) electrons. The van der Waals surface area contributed by atoms with Gasteiger partial charge in [-0.2, -0.15) is 0 Å². The van der Waals surface area contributed by atoms with Gasteiger partial charge >= 0.3 is 0 Å². The maximum absolute atomic E-state index is 12.4. The summed E-state index contributed by atoms with van der Waals surface area (Å²) in [6.07, 6.45) is 12.0. The number of aromatic nitrogens is 1. The molecule has 3 rings (SSSR count). The van der Waals surface area contributed by atoms with Gasteiger partial charge < -0.3 is 9.80 Å². The molecule has 1 aliphatic carbocycles. The van der Waals surface area contributed by atoms with E-state index < -0.39 is 0 Å². The summed E-state index contributed by atoms with van der Waals surface area (Å²) in [5.41, 5.74) is 1.56. The number of amides is 1. The Balaban J connectivity index is 1.42. The number of pyridine rings is 1. The molecule has 0 saturated carbocycles. The van der Waals surface area contributed by atoms with Crippen LogP contribution in [0.15, 0.2) is 30.0 Å². The van der Waals surface area contributed by atoms with Crippen molar-refractivity contribution >= 4 is 23.3 Å². The monoisotopic (exact) mass is 347 g/mol. The standard InChI is InChI=1S/C19H26ClN3O/c20-17-9-5-11-21-19(17)23-14-12-22(13-15-23)18(24)10-4-8-16-6-2-1-3-7-16/h5-6,9,11H,1-4,7-8,10,12-15H2. The van der Waals surface area contributed by atoms with Crippen LogP contribution in [-0.2, 0) is 4.79 Å². The van der Waals surface area contributed by atoms with Gasteiger partial charge in [0.25, 0.3) is 0 Å². The Morgan fingerprint density at radius 3 is 2.75 bits per heavy atom. The van der Waals surface area contributed by atoms with Crippen molar-refractivity contribution < 1.29 is 4.79 Å². The smallest absolute Gasteiger partial charge is 0.222 e. The van der Waals surface area contributed by atoms with Crippen LogP contribution in [-0.4, -0.2) is 42.0 Å². The van der Waals surface area contributed by atoms with Gasteiger partial charge in [-0.15, -0.1) is 0 Å². The molecule has 2 aliphatic rings. The minimum absolute atomic E-state index is 0.290. The van der Waals surface area contributed by atoms with E-state index in [0.29, 0.717) is 11.4 Å². The zero-order valence-corrected chi connectivity index (χ0v) is 15.0. The lowest BCUT2D eigenvalue weighted by Gasteiger charge is -2.35. The fourth-order valence-corrected chi connectivity index (χ4v) is 3.78. The Morgan fingerprint density at radius 1 is 1.21 bits per heavy atom. The summed E-state index contributed by atoms with van der Waals surface area (Å²) in [6.45, 7) is 3.12. The molecule has 4 nitrogen and oxygen atoms in total. The summed E-state index contributed by atoms with van der Waals surface area (Å²) >= 11 is 6.21. The SMILES string of the molecule is O=C(CCCC1=CCCCC1)N1CCN(c2ncccc2Cl)CC1. The zero-order valence-electron chi connectivity index (χ0n) is 14.2. The highest BCUT2D eigenvalue weighted by molar-refractivity contribution is 6.32. The van der Waals surface area contributed by atoms with Gasteiger partial charge in [0, 0.05) is 38.8 Å². The summed E-state index contributed by atoms with van der Waals surface area (Å²) in [7, 11) is 0. The lowest BCUT2D eigenvalue weighted by Crippen LogP contribution is -2.49. The van der Waals surface area contributed by atoms with Crippen LogP contribution in [0.25, 0.3) is 0 Å². The Bertz CT molecular complexity index is 594. The first kappa shape index (κ1) is 17.3. The Labute approximate surface area is 149 Å². The van der Waals surface area contributed by atoms with Crippen LogP contribution >= 0.6 is 11.6 Å². The first-order valence-corrected chi connectivity index (χ1v) is 9.43. The molecule has 1 fully saturated rings. The van der Waals surface area contributed by atoms with E-state index in [9.17, 15) is 4.79 Å². The van der Waals surface area contributed by atoms with Crippen LogP contribution < -0.4 is 4.90 Å². The van der Waals surface area contributed by atoms with Gasteiger partial charge in [0.2, 0.25) is 5.91 Å². The van der Waals surface area contributed by atoms with E-state index in [2.05, 4.69) is 16.0 Å². The summed E-state index contributed by atoms with van der Waals surface area (Å²) in [4.78, 5) is 20.9. The van der Waals surface area contributed by atoms with E-state index >= 15 is 0 Å². The minimum atomic E-state index is 0.290. The molecule has 0 atom stereocenters. The van der Waals surface area contributed by atoms with E-state index in [1.165, 1.54) is 25.7 Å². The molecule has 24 heavy (non-hydrogen) atoms. The van der Waals surface area contributed by atoms with Gasteiger partial charge in [0.1, 0.15) is 5.82 Å². The molecule has 1 aliphatic heterocycles. The van der Waals surface area contributed by atoms with Crippen LogP contribution in [0.2, 0.25) is 5.02 Å². The third-order valence-electron chi connectivity index (χ3n) is 4.94. The van der Waals surface area contributed by atoms with Crippen molar-refractivity contribution in [3.05, 3.63) is 35.0 Å². The van der Waals surface area contributed by atoms with Gasteiger partial charge in [-0.25, -0.2) is 4.98 Å². The molecule has 0 spiro atoms. The molecule has 1 amide bonds. The lowest BCUT2D eigenvalue weighted by atomic mass is 9.95. The van der Waals surface area contributed by atoms with Crippen LogP contribution in [0.3, 0.4) is 0 Å². The van der Waals surface area contributed by atoms with Crippen molar-refractivity contribution in [3.63, 3.8) is 0 Å². The van der Waals surface area contributed by atoms with Gasteiger partial charge in [0.05, 0.1) is 5.02 Å². The van der Waals surface area contributed by atoms with Crippen molar-refractivity contribution in [3.8, 4) is 0 Å².